The summed E-state index contributed by atoms with van der Waals surface area (Å²) in [5.41, 5.74) is 11.0. The van der Waals surface area contributed by atoms with E-state index in [1.54, 1.807) is 19.5 Å². The highest BCUT2D eigenvalue weighted by Gasteiger charge is 2.34. The number of anilines is 1. The summed E-state index contributed by atoms with van der Waals surface area (Å²) in [6.07, 6.45) is 4.72. The number of amides is 1. The number of nitrogens with two attached hydrogens (primary N) is 1. The molecule has 1 aliphatic rings. The molecule has 0 saturated carbocycles. The van der Waals surface area contributed by atoms with Crippen LogP contribution in [0.5, 0.6) is 0 Å². The summed E-state index contributed by atoms with van der Waals surface area (Å²) in [6, 6.07) is 8.03. The molecule has 0 radical (unpaired) electrons. The SMILES string of the molecule is CN=C/C(=C\N)Nc1nccc(-c2ccc(CN3Cc4nc(C(C)(C)C)sc4C3=O)c(C)c2)n1. The number of aliphatic imine (C=N–C) groups is 1. The highest BCUT2D eigenvalue weighted by atomic mass is 32.1. The molecule has 3 N–H and O–H groups in total. The zero-order valence-electron chi connectivity index (χ0n) is 20.1. The first-order valence-corrected chi connectivity index (χ1v) is 11.8. The fraction of sp³-hybridized carbons (Fsp3) is 0.320. The molecule has 34 heavy (non-hydrogen) atoms. The first kappa shape index (κ1) is 23.6. The van der Waals surface area contributed by atoms with Crippen LogP contribution in [0.4, 0.5) is 5.95 Å². The number of nitrogens with zero attached hydrogens (tertiary/aromatic N) is 5. The van der Waals surface area contributed by atoms with E-state index in [0.29, 0.717) is 24.7 Å². The molecule has 2 aromatic heterocycles. The van der Waals surface area contributed by atoms with E-state index >= 15 is 0 Å². The zero-order valence-corrected chi connectivity index (χ0v) is 20.9. The van der Waals surface area contributed by atoms with Gasteiger partial charge in [0.1, 0.15) is 4.88 Å². The van der Waals surface area contributed by atoms with Crippen molar-refractivity contribution in [3.05, 3.63) is 69.1 Å². The Bertz CT molecular complexity index is 1290. The van der Waals surface area contributed by atoms with Crippen molar-refractivity contribution in [1.29, 1.82) is 0 Å². The largest absolute Gasteiger partial charge is 0.403 e. The van der Waals surface area contributed by atoms with Crippen LogP contribution in [-0.2, 0) is 18.5 Å². The molecule has 8 nitrogen and oxygen atoms in total. The Morgan fingerprint density at radius 2 is 2.09 bits per heavy atom. The maximum atomic E-state index is 13.0. The highest BCUT2D eigenvalue weighted by molar-refractivity contribution is 7.14. The summed E-state index contributed by atoms with van der Waals surface area (Å²) >= 11 is 1.52. The molecule has 4 rings (SSSR count). The molecule has 176 valence electrons. The van der Waals surface area contributed by atoms with E-state index in [-0.39, 0.29) is 11.3 Å². The Labute approximate surface area is 203 Å². The number of carbonyl (C=O) groups excluding carboxylic acids is 1. The maximum absolute atomic E-state index is 13.0. The molecule has 0 atom stereocenters. The number of aryl methyl sites for hydroxylation is 1. The van der Waals surface area contributed by atoms with E-state index in [4.69, 9.17) is 10.7 Å². The third-order valence-electron chi connectivity index (χ3n) is 5.52. The minimum absolute atomic E-state index is 0.0469. The smallest absolute Gasteiger partial charge is 0.266 e. The number of hydrogen-bond donors (Lipinski definition) is 2. The standard InChI is InChI=1S/C25H29N7OS/c1-15-10-16(19-8-9-28-24(31-19)29-18(11-26)12-27-5)6-7-17(15)13-32-14-20-21(22(32)33)34-23(30-20)25(2,3)4/h6-12H,13-14,26H2,1-5H3,(H,28,29,31)/b18-11+,27-12?. The summed E-state index contributed by atoms with van der Waals surface area (Å²) in [5.74, 6) is 0.504. The molecule has 0 aliphatic carbocycles. The van der Waals surface area contributed by atoms with Crippen molar-refractivity contribution in [1.82, 2.24) is 19.9 Å². The molecular weight excluding hydrogens is 446 g/mol. The monoisotopic (exact) mass is 475 g/mol. The van der Waals surface area contributed by atoms with E-state index in [0.717, 1.165) is 38.0 Å². The van der Waals surface area contributed by atoms with Crippen LogP contribution in [0.2, 0.25) is 0 Å². The van der Waals surface area contributed by atoms with Crippen LogP contribution in [0.1, 0.15) is 52.3 Å². The van der Waals surface area contributed by atoms with E-state index < -0.39 is 0 Å². The minimum atomic E-state index is -0.0469. The topological polar surface area (TPSA) is 109 Å². The molecular formula is C25H29N7OS. The number of hydrogen-bond acceptors (Lipinski definition) is 8. The Morgan fingerprint density at radius 3 is 2.74 bits per heavy atom. The first-order chi connectivity index (χ1) is 16.2. The number of carbonyl (C=O) groups is 1. The van der Waals surface area contributed by atoms with Crippen molar-refractivity contribution < 1.29 is 4.79 Å². The van der Waals surface area contributed by atoms with E-state index in [2.05, 4.69) is 60.1 Å². The Kier molecular flexibility index (Phi) is 6.47. The van der Waals surface area contributed by atoms with Gasteiger partial charge in [-0.25, -0.2) is 15.0 Å². The molecule has 0 unspecified atom stereocenters. The summed E-state index contributed by atoms with van der Waals surface area (Å²) in [5, 5.41) is 4.07. The molecule has 1 amide bonds. The number of fused-ring (bicyclic) bond motifs is 1. The molecule has 0 saturated heterocycles. The lowest BCUT2D eigenvalue weighted by Gasteiger charge is -2.19. The van der Waals surface area contributed by atoms with Gasteiger partial charge in [0.2, 0.25) is 5.95 Å². The van der Waals surface area contributed by atoms with Crippen molar-refractivity contribution in [3.63, 3.8) is 0 Å². The van der Waals surface area contributed by atoms with Gasteiger partial charge in [-0.2, -0.15) is 0 Å². The first-order valence-electron chi connectivity index (χ1n) is 11.0. The molecule has 0 bridgehead atoms. The molecule has 1 aliphatic heterocycles. The second kappa shape index (κ2) is 9.34. The number of thiazole rings is 1. The number of aromatic nitrogens is 3. The van der Waals surface area contributed by atoms with Gasteiger partial charge in [-0.15, -0.1) is 11.3 Å². The van der Waals surface area contributed by atoms with Gasteiger partial charge in [-0.05, 0) is 30.2 Å². The van der Waals surface area contributed by atoms with Gasteiger partial charge in [0, 0.05) is 43.2 Å². The van der Waals surface area contributed by atoms with Crippen molar-refractivity contribution in [2.24, 2.45) is 10.7 Å². The van der Waals surface area contributed by atoms with Gasteiger partial charge in [-0.3, -0.25) is 9.79 Å². The second-order valence-corrected chi connectivity index (χ2v) is 10.2. The summed E-state index contributed by atoms with van der Waals surface area (Å²) in [7, 11) is 1.67. The summed E-state index contributed by atoms with van der Waals surface area (Å²) < 4.78 is 0. The van der Waals surface area contributed by atoms with E-state index in [9.17, 15) is 4.79 Å². The lowest BCUT2D eigenvalue weighted by atomic mass is 9.98. The van der Waals surface area contributed by atoms with Crippen molar-refractivity contribution in [2.45, 2.75) is 46.2 Å². The third kappa shape index (κ3) is 4.84. The van der Waals surface area contributed by atoms with Crippen LogP contribution in [-0.4, -0.2) is 39.0 Å². The third-order valence-corrected chi connectivity index (χ3v) is 7.03. The molecule has 9 heteroatoms. The van der Waals surface area contributed by atoms with Crippen LogP contribution in [0.3, 0.4) is 0 Å². The Hall–Kier alpha value is -3.59. The lowest BCUT2D eigenvalue weighted by molar-refractivity contribution is 0.0769. The fourth-order valence-corrected chi connectivity index (χ4v) is 4.77. The predicted octanol–water partition coefficient (Wildman–Crippen LogP) is 4.27. The molecule has 3 heterocycles. The molecule has 3 aromatic rings. The second-order valence-electron chi connectivity index (χ2n) is 9.25. The van der Waals surface area contributed by atoms with Gasteiger partial charge in [0.25, 0.3) is 5.91 Å². The van der Waals surface area contributed by atoms with Crippen molar-refractivity contribution in [3.8, 4) is 11.3 Å². The lowest BCUT2D eigenvalue weighted by Crippen LogP contribution is -2.24. The predicted molar refractivity (Wildman–Crippen MR) is 137 cm³/mol. The normalized spacial score (nSPS) is 14.2. The number of rotatable bonds is 6. The quantitative estimate of drug-likeness (QED) is 0.515. The van der Waals surface area contributed by atoms with Gasteiger partial charge >= 0.3 is 0 Å². The Morgan fingerprint density at radius 1 is 1.29 bits per heavy atom. The van der Waals surface area contributed by atoms with Gasteiger partial charge in [0.05, 0.1) is 28.6 Å². The highest BCUT2D eigenvalue weighted by Crippen LogP contribution is 2.35. The zero-order chi connectivity index (χ0) is 24.5. The number of benzene rings is 1. The van der Waals surface area contributed by atoms with Gasteiger partial charge in [-0.1, -0.05) is 32.9 Å². The van der Waals surface area contributed by atoms with Crippen molar-refractivity contribution >= 4 is 29.4 Å². The van der Waals surface area contributed by atoms with Crippen molar-refractivity contribution in [2.75, 3.05) is 12.4 Å². The maximum Gasteiger partial charge on any atom is 0.266 e. The van der Waals surface area contributed by atoms with E-state index in [1.807, 2.05) is 17.0 Å². The van der Waals surface area contributed by atoms with Crippen LogP contribution in [0.15, 0.2) is 47.4 Å². The fourth-order valence-electron chi connectivity index (χ4n) is 3.67. The van der Waals surface area contributed by atoms with Gasteiger partial charge < -0.3 is 16.0 Å². The number of allylic oxidation sites excluding steroid dienone is 1. The van der Waals surface area contributed by atoms with Crippen LogP contribution in [0, 0.1) is 6.92 Å². The average Bonchev–Trinajstić information content (AvgIpc) is 3.35. The molecule has 0 fully saturated rings. The summed E-state index contributed by atoms with van der Waals surface area (Å²) in [6.45, 7) is 9.53. The average molecular weight is 476 g/mol. The van der Waals surface area contributed by atoms with E-state index in [1.165, 1.54) is 17.5 Å². The molecule has 1 aromatic carbocycles. The molecule has 0 spiro atoms. The van der Waals surface area contributed by atoms with Crippen LogP contribution >= 0.6 is 11.3 Å². The van der Waals surface area contributed by atoms with Gasteiger partial charge in [0.15, 0.2) is 0 Å². The van der Waals surface area contributed by atoms with Crippen LogP contribution in [0.25, 0.3) is 11.3 Å². The minimum Gasteiger partial charge on any atom is -0.403 e. The number of nitrogens with one attached hydrogen (secondary N) is 1. The Balaban J connectivity index is 1.49. The summed E-state index contributed by atoms with van der Waals surface area (Å²) in [4.78, 5) is 33.2. The van der Waals surface area contributed by atoms with Crippen LogP contribution < -0.4 is 11.1 Å².